The fourth-order valence-electron chi connectivity index (χ4n) is 3.23. The van der Waals surface area contributed by atoms with Crippen LogP contribution in [0.4, 0.5) is 0 Å². The van der Waals surface area contributed by atoms with E-state index in [1.807, 2.05) is 4.68 Å². The van der Waals surface area contributed by atoms with Gasteiger partial charge in [0.25, 0.3) is 0 Å². The van der Waals surface area contributed by atoms with Crippen LogP contribution in [0.25, 0.3) is 0 Å². The molecule has 0 saturated heterocycles. The molecule has 1 fully saturated rings. The van der Waals surface area contributed by atoms with Gasteiger partial charge in [-0.3, -0.25) is 4.79 Å². The standard InChI is InChI=1S/C16H27N7O.HI/c1-22(2)15(24)9-17-16(20-12-5-3-4-6-12)21-13-7-8-14-18-11-19-23(14)10-13;/h11-13H,3-10H2,1-2H3,(H2,17,20,21);1H. The van der Waals surface area contributed by atoms with E-state index in [2.05, 4.69) is 25.7 Å². The molecule has 1 aromatic heterocycles. The molecule has 9 heteroatoms. The van der Waals surface area contributed by atoms with E-state index in [1.54, 1.807) is 25.3 Å². The number of carbonyl (C=O) groups excluding carboxylic acids is 1. The first-order chi connectivity index (χ1) is 11.6. The summed E-state index contributed by atoms with van der Waals surface area (Å²) in [5.41, 5.74) is 0. The summed E-state index contributed by atoms with van der Waals surface area (Å²) in [5.74, 6) is 1.79. The minimum atomic E-state index is 0. The molecule has 1 aliphatic heterocycles. The van der Waals surface area contributed by atoms with Crippen molar-refractivity contribution >= 4 is 35.8 Å². The largest absolute Gasteiger partial charge is 0.354 e. The third-order valence-corrected chi connectivity index (χ3v) is 4.71. The number of fused-ring (bicyclic) bond motifs is 1. The summed E-state index contributed by atoms with van der Waals surface area (Å²) in [7, 11) is 3.51. The summed E-state index contributed by atoms with van der Waals surface area (Å²) in [5, 5.41) is 11.2. The molecule has 0 spiro atoms. The number of aromatic nitrogens is 3. The van der Waals surface area contributed by atoms with Gasteiger partial charge in [0.05, 0.1) is 6.54 Å². The molecule has 25 heavy (non-hydrogen) atoms. The van der Waals surface area contributed by atoms with Gasteiger partial charge in [0, 0.05) is 32.6 Å². The quantitative estimate of drug-likeness (QED) is 0.393. The number of aryl methyl sites for hydroxylation is 1. The molecular formula is C16H28IN7O. The number of carbonyl (C=O) groups is 1. The third-order valence-electron chi connectivity index (χ3n) is 4.71. The number of hydrogen-bond donors (Lipinski definition) is 2. The van der Waals surface area contributed by atoms with Gasteiger partial charge in [-0.25, -0.2) is 14.7 Å². The van der Waals surface area contributed by atoms with Gasteiger partial charge >= 0.3 is 0 Å². The minimum Gasteiger partial charge on any atom is -0.354 e. The molecule has 1 saturated carbocycles. The number of nitrogens with zero attached hydrogens (tertiary/aromatic N) is 5. The van der Waals surface area contributed by atoms with Crippen LogP contribution in [-0.2, 0) is 17.8 Å². The molecule has 1 amide bonds. The van der Waals surface area contributed by atoms with Crippen molar-refractivity contribution in [2.24, 2.45) is 4.99 Å². The average Bonchev–Trinajstić information content (AvgIpc) is 3.22. The molecule has 2 N–H and O–H groups in total. The van der Waals surface area contributed by atoms with Gasteiger partial charge in [-0.1, -0.05) is 12.8 Å². The molecule has 0 bridgehead atoms. The lowest BCUT2D eigenvalue weighted by molar-refractivity contribution is -0.127. The average molecular weight is 461 g/mol. The van der Waals surface area contributed by atoms with Crippen molar-refractivity contribution in [1.82, 2.24) is 30.3 Å². The number of hydrogen-bond acceptors (Lipinski definition) is 4. The van der Waals surface area contributed by atoms with Gasteiger partial charge in [-0.2, -0.15) is 5.10 Å². The van der Waals surface area contributed by atoms with Gasteiger partial charge in [0.15, 0.2) is 5.96 Å². The molecule has 3 rings (SSSR count). The molecule has 1 aromatic rings. The van der Waals surface area contributed by atoms with Crippen LogP contribution in [0, 0.1) is 0 Å². The zero-order valence-corrected chi connectivity index (χ0v) is 17.3. The molecule has 140 valence electrons. The molecule has 0 radical (unpaired) electrons. The molecule has 0 aromatic carbocycles. The van der Waals surface area contributed by atoms with Crippen molar-refractivity contribution in [2.75, 3.05) is 20.6 Å². The Balaban J connectivity index is 0.00000225. The van der Waals surface area contributed by atoms with Crippen molar-refractivity contribution in [3.05, 3.63) is 12.2 Å². The van der Waals surface area contributed by atoms with Gasteiger partial charge < -0.3 is 15.5 Å². The van der Waals surface area contributed by atoms with Crippen LogP contribution < -0.4 is 10.6 Å². The Morgan fingerprint density at radius 3 is 2.72 bits per heavy atom. The fraction of sp³-hybridized carbons (Fsp3) is 0.750. The van der Waals surface area contributed by atoms with E-state index >= 15 is 0 Å². The summed E-state index contributed by atoms with van der Waals surface area (Å²) in [6, 6.07) is 0.706. The molecular weight excluding hydrogens is 433 g/mol. The molecule has 1 atom stereocenters. The summed E-state index contributed by atoms with van der Waals surface area (Å²) in [4.78, 5) is 22.2. The van der Waals surface area contributed by atoms with Gasteiger partial charge in [0.1, 0.15) is 18.7 Å². The van der Waals surface area contributed by atoms with Crippen molar-refractivity contribution in [1.29, 1.82) is 0 Å². The maximum absolute atomic E-state index is 11.8. The van der Waals surface area contributed by atoms with Crippen LogP contribution >= 0.6 is 24.0 Å². The second kappa shape index (κ2) is 9.35. The van der Waals surface area contributed by atoms with Crippen LogP contribution in [0.3, 0.4) is 0 Å². The molecule has 2 aliphatic rings. The zero-order chi connectivity index (χ0) is 16.9. The number of guanidine groups is 1. The van der Waals surface area contributed by atoms with Crippen molar-refractivity contribution < 1.29 is 4.79 Å². The van der Waals surface area contributed by atoms with E-state index in [0.29, 0.717) is 6.04 Å². The van der Waals surface area contributed by atoms with Crippen molar-refractivity contribution in [3.63, 3.8) is 0 Å². The Bertz CT molecular complexity index is 595. The highest BCUT2D eigenvalue weighted by Crippen LogP contribution is 2.17. The lowest BCUT2D eigenvalue weighted by atomic mass is 10.1. The minimum absolute atomic E-state index is 0. The highest BCUT2D eigenvalue weighted by atomic mass is 127. The maximum atomic E-state index is 11.8. The van der Waals surface area contributed by atoms with Crippen molar-refractivity contribution in [3.8, 4) is 0 Å². The van der Waals surface area contributed by atoms with E-state index in [9.17, 15) is 4.79 Å². The second-order valence-electron chi connectivity index (χ2n) is 6.82. The lowest BCUT2D eigenvalue weighted by Gasteiger charge is -2.27. The zero-order valence-electron chi connectivity index (χ0n) is 14.9. The topological polar surface area (TPSA) is 87.4 Å². The van der Waals surface area contributed by atoms with E-state index in [0.717, 1.165) is 31.2 Å². The molecule has 1 unspecified atom stereocenters. The number of nitrogens with one attached hydrogen (secondary N) is 2. The Hall–Kier alpha value is -1.39. The van der Waals surface area contributed by atoms with Gasteiger partial charge in [-0.15, -0.1) is 24.0 Å². The van der Waals surface area contributed by atoms with E-state index in [1.165, 1.54) is 25.7 Å². The van der Waals surface area contributed by atoms with Crippen LogP contribution in [0.15, 0.2) is 11.3 Å². The smallest absolute Gasteiger partial charge is 0.243 e. The van der Waals surface area contributed by atoms with Crippen LogP contribution in [0.2, 0.25) is 0 Å². The first-order valence-corrected chi connectivity index (χ1v) is 8.76. The molecule has 1 aliphatic carbocycles. The summed E-state index contributed by atoms with van der Waals surface area (Å²) in [6.45, 7) is 0.943. The second-order valence-corrected chi connectivity index (χ2v) is 6.82. The van der Waals surface area contributed by atoms with E-state index in [4.69, 9.17) is 0 Å². The normalized spacial score (nSPS) is 20.6. The Kier molecular flexibility index (Phi) is 7.45. The number of halogens is 1. The van der Waals surface area contributed by atoms with Crippen LogP contribution in [-0.4, -0.2) is 64.3 Å². The maximum Gasteiger partial charge on any atom is 0.243 e. The van der Waals surface area contributed by atoms with Crippen molar-refractivity contribution in [2.45, 2.75) is 57.2 Å². The Morgan fingerprint density at radius 2 is 2.00 bits per heavy atom. The number of aliphatic imine (C=N–C) groups is 1. The predicted octanol–water partition coefficient (Wildman–Crippen LogP) is 0.777. The van der Waals surface area contributed by atoms with Gasteiger partial charge in [0.2, 0.25) is 5.91 Å². The first-order valence-electron chi connectivity index (χ1n) is 8.76. The first kappa shape index (κ1) is 19.9. The number of rotatable bonds is 4. The summed E-state index contributed by atoms with van der Waals surface area (Å²) in [6.07, 6.45) is 8.36. The van der Waals surface area contributed by atoms with Gasteiger partial charge in [-0.05, 0) is 19.3 Å². The Morgan fingerprint density at radius 1 is 1.28 bits per heavy atom. The lowest BCUT2D eigenvalue weighted by Crippen LogP contribution is -2.49. The molecule has 8 nitrogen and oxygen atoms in total. The predicted molar refractivity (Wildman–Crippen MR) is 107 cm³/mol. The van der Waals surface area contributed by atoms with Crippen LogP contribution in [0.5, 0.6) is 0 Å². The van der Waals surface area contributed by atoms with Crippen LogP contribution in [0.1, 0.15) is 37.9 Å². The highest BCUT2D eigenvalue weighted by Gasteiger charge is 2.22. The monoisotopic (exact) mass is 461 g/mol. The Labute approximate surface area is 165 Å². The van der Waals surface area contributed by atoms with E-state index < -0.39 is 0 Å². The number of likely N-dealkylation sites (N-methyl/N-ethyl adjacent to an activating group) is 1. The fourth-order valence-corrected chi connectivity index (χ4v) is 3.23. The highest BCUT2D eigenvalue weighted by molar-refractivity contribution is 14.0. The third kappa shape index (κ3) is 5.55. The molecule has 2 heterocycles. The number of amides is 1. The SMILES string of the molecule is CN(C)C(=O)CN=C(NC1CCCC1)NC1CCc2ncnn2C1.I. The summed E-state index contributed by atoms with van der Waals surface area (Å²) < 4.78 is 1.94. The summed E-state index contributed by atoms with van der Waals surface area (Å²) >= 11 is 0. The van der Waals surface area contributed by atoms with E-state index in [-0.39, 0.29) is 42.5 Å².